The number of rotatable bonds is 6. The molecule has 0 spiro atoms. The topological polar surface area (TPSA) is 66.5 Å². The largest absolute Gasteiger partial charge is 0.325 e. The van der Waals surface area contributed by atoms with Gasteiger partial charge in [0.15, 0.2) is 0 Å². The lowest BCUT2D eigenvalue weighted by molar-refractivity contribution is -0.116. The molecule has 6 heteroatoms. The van der Waals surface area contributed by atoms with E-state index in [0.717, 1.165) is 11.8 Å². The molecule has 0 saturated carbocycles. The van der Waals surface area contributed by atoms with Crippen LogP contribution in [0.25, 0.3) is 0 Å². The van der Waals surface area contributed by atoms with Gasteiger partial charge in [0, 0.05) is 12.2 Å². The molecule has 0 heterocycles. The molecule has 0 radical (unpaired) electrons. The number of nitrogens with zero attached hydrogens (tertiary/aromatic N) is 1. The van der Waals surface area contributed by atoms with Gasteiger partial charge in [-0.05, 0) is 25.5 Å². The molecule has 0 aliphatic rings. The highest BCUT2D eigenvalue weighted by molar-refractivity contribution is 7.88. The summed E-state index contributed by atoms with van der Waals surface area (Å²) >= 11 is 0. The predicted molar refractivity (Wildman–Crippen MR) is 76.5 cm³/mol. The van der Waals surface area contributed by atoms with Crippen molar-refractivity contribution in [3.05, 3.63) is 29.8 Å². The van der Waals surface area contributed by atoms with E-state index in [4.69, 9.17) is 0 Å². The summed E-state index contributed by atoms with van der Waals surface area (Å²) in [5, 5.41) is 2.69. The molecule has 0 aliphatic heterocycles. The molecule has 19 heavy (non-hydrogen) atoms. The summed E-state index contributed by atoms with van der Waals surface area (Å²) in [5.41, 5.74) is 1.77. The Morgan fingerprint density at radius 3 is 2.32 bits per heavy atom. The first-order valence-electron chi connectivity index (χ1n) is 6.14. The monoisotopic (exact) mass is 284 g/mol. The van der Waals surface area contributed by atoms with Crippen molar-refractivity contribution in [2.75, 3.05) is 24.7 Å². The van der Waals surface area contributed by atoms with E-state index in [1.54, 1.807) is 12.1 Å². The van der Waals surface area contributed by atoms with Crippen LogP contribution in [0, 0.1) is 6.92 Å². The summed E-state index contributed by atoms with van der Waals surface area (Å²) in [5.74, 6) is -0.331. The second-order valence-corrected chi connectivity index (χ2v) is 6.49. The molecule has 0 aromatic heterocycles. The summed E-state index contributed by atoms with van der Waals surface area (Å²) in [4.78, 5) is 11.8. The summed E-state index contributed by atoms with van der Waals surface area (Å²) in [6, 6.07) is 7.35. The molecule has 1 N–H and O–H groups in total. The van der Waals surface area contributed by atoms with Crippen LogP contribution in [0.1, 0.15) is 18.9 Å². The summed E-state index contributed by atoms with van der Waals surface area (Å²) in [6.45, 7) is 4.02. The quantitative estimate of drug-likeness (QED) is 0.863. The molecular weight excluding hydrogens is 264 g/mol. The van der Waals surface area contributed by atoms with Gasteiger partial charge in [-0.15, -0.1) is 0 Å². The first-order chi connectivity index (χ1) is 8.82. The van der Waals surface area contributed by atoms with Crippen LogP contribution in [-0.4, -0.2) is 38.0 Å². The van der Waals surface area contributed by atoms with Gasteiger partial charge in [0.1, 0.15) is 0 Å². The molecule has 106 valence electrons. The third-order valence-corrected chi connectivity index (χ3v) is 3.85. The Hall–Kier alpha value is -1.40. The Bertz CT molecular complexity index is 523. The molecule has 5 nitrogen and oxygen atoms in total. The Balaban J connectivity index is 2.65. The second-order valence-electron chi connectivity index (χ2n) is 4.51. The van der Waals surface area contributed by atoms with Gasteiger partial charge in [0.05, 0.1) is 12.8 Å². The van der Waals surface area contributed by atoms with E-state index in [2.05, 4.69) is 5.32 Å². The van der Waals surface area contributed by atoms with Crippen molar-refractivity contribution < 1.29 is 13.2 Å². The van der Waals surface area contributed by atoms with Gasteiger partial charge in [-0.25, -0.2) is 8.42 Å². The number of hydrogen-bond acceptors (Lipinski definition) is 3. The van der Waals surface area contributed by atoms with Crippen molar-refractivity contribution in [3.8, 4) is 0 Å². The van der Waals surface area contributed by atoms with Crippen LogP contribution < -0.4 is 5.32 Å². The zero-order valence-electron chi connectivity index (χ0n) is 11.5. The van der Waals surface area contributed by atoms with Crippen LogP contribution in [0.3, 0.4) is 0 Å². The number of hydrogen-bond donors (Lipinski definition) is 1. The van der Waals surface area contributed by atoms with Crippen LogP contribution in [0.5, 0.6) is 0 Å². The zero-order valence-corrected chi connectivity index (χ0v) is 12.3. The number of carbonyl (C=O) groups excluding carboxylic acids is 1. The van der Waals surface area contributed by atoms with Gasteiger partial charge in [-0.3, -0.25) is 4.79 Å². The average molecular weight is 284 g/mol. The lowest BCUT2D eigenvalue weighted by atomic mass is 10.2. The Labute approximate surface area is 114 Å². The second kappa shape index (κ2) is 6.68. The van der Waals surface area contributed by atoms with Crippen molar-refractivity contribution in [1.29, 1.82) is 0 Å². The summed E-state index contributed by atoms with van der Waals surface area (Å²) < 4.78 is 24.2. The molecule has 1 aromatic carbocycles. The summed E-state index contributed by atoms with van der Waals surface area (Å²) in [6.07, 6.45) is 1.78. The van der Waals surface area contributed by atoms with E-state index in [0.29, 0.717) is 18.7 Å². The maximum absolute atomic E-state index is 11.8. The number of nitrogens with one attached hydrogen (secondary N) is 1. The molecule has 1 aromatic rings. The van der Waals surface area contributed by atoms with Gasteiger partial charge >= 0.3 is 0 Å². The van der Waals surface area contributed by atoms with Crippen molar-refractivity contribution in [2.45, 2.75) is 20.3 Å². The fraction of sp³-hybridized carbons (Fsp3) is 0.462. The van der Waals surface area contributed by atoms with Crippen LogP contribution >= 0.6 is 0 Å². The third-order valence-electron chi connectivity index (χ3n) is 2.60. The normalized spacial score (nSPS) is 11.6. The number of amides is 1. The molecule has 1 rings (SSSR count). The minimum absolute atomic E-state index is 0.152. The van der Waals surface area contributed by atoms with Crippen molar-refractivity contribution in [2.24, 2.45) is 0 Å². The van der Waals surface area contributed by atoms with Gasteiger partial charge in [-0.1, -0.05) is 24.6 Å². The Kier molecular flexibility index (Phi) is 5.50. The van der Waals surface area contributed by atoms with E-state index < -0.39 is 10.0 Å². The SMILES string of the molecule is CCCN(CC(=O)Nc1ccc(C)cc1)S(C)(=O)=O. The molecular formula is C13H20N2O3S. The molecule has 0 aliphatic carbocycles. The Morgan fingerprint density at radius 1 is 1.26 bits per heavy atom. The minimum Gasteiger partial charge on any atom is -0.325 e. The molecule has 0 fully saturated rings. The summed E-state index contributed by atoms with van der Waals surface area (Å²) in [7, 11) is -3.35. The average Bonchev–Trinajstić information content (AvgIpc) is 2.30. The minimum atomic E-state index is -3.35. The fourth-order valence-electron chi connectivity index (χ4n) is 1.61. The first kappa shape index (κ1) is 15.7. The maximum Gasteiger partial charge on any atom is 0.239 e. The van der Waals surface area contributed by atoms with Crippen LogP contribution in [0.15, 0.2) is 24.3 Å². The first-order valence-corrected chi connectivity index (χ1v) is 7.99. The van der Waals surface area contributed by atoms with Crippen LogP contribution in [0.4, 0.5) is 5.69 Å². The van der Waals surface area contributed by atoms with E-state index in [-0.39, 0.29) is 12.5 Å². The molecule has 0 unspecified atom stereocenters. The standard InChI is InChI=1S/C13H20N2O3S/c1-4-9-15(19(3,17)18)10-13(16)14-12-7-5-11(2)6-8-12/h5-8H,4,9-10H2,1-3H3,(H,14,16). The number of sulfonamides is 1. The highest BCUT2D eigenvalue weighted by atomic mass is 32.2. The number of benzene rings is 1. The lowest BCUT2D eigenvalue weighted by Gasteiger charge is -2.18. The van der Waals surface area contributed by atoms with Crippen LogP contribution in [-0.2, 0) is 14.8 Å². The van der Waals surface area contributed by atoms with Crippen molar-refractivity contribution >= 4 is 21.6 Å². The highest BCUT2D eigenvalue weighted by Crippen LogP contribution is 2.09. The van der Waals surface area contributed by atoms with Crippen LogP contribution in [0.2, 0.25) is 0 Å². The molecule has 0 atom stereocenters. The van der Waals surface area contributed by atoms with E-state index in [9.17, 15) is 13.2 Å². The number of carbonyl (C=O) groups is 1. The maximum atomic E-state index is 11.8. The smallest absolute Gasteiger partial charge is 0.239 e. The van der Waals surface area contributed by atoms with Gasteiger partial charge in [-0.2, -0.15) is 4.31 Å². The molecule has 1 amide bonds. The van der Waals surface area contributed by atoms with Crippen molar-refractivity contribution in [1.82, 2.24) is 4.31 Å². The van der Waals surface area contributed by atoms with E-state index >= 15 is 0 Å². The number of anilines is 1. The fourth-order valence-corrected chi connectivity index (χ4v) is 2.48. The molecule has 0 saturated heterocycles. The predicted octanol–water partition coefficient (Wildman–Crippen LogP) is 1.61. The zero-order chi connectivity index (χ0) is 14.5. The van der Waals surface area contributed by atoms with E-state index in [1.807, 2.05) is 26.0 Å². The lowest BCUT2D eigenvalue weighted by Crippen LogP contribution is -2.37. The molecule has 0 bridgehead atoms. The third kappa shape index (κ3) is 5.40. The van der Waals surface area contributed by atoms with Gasteiger partial charge < -0.3 is 5.32 Å². The van der Waals surface area contributed by atoms with Gasteiger partial charge in [0.25, 0.3) is 0 Å². The highest BCUT2D eigenvalue weighted by Gasteiger charge is 2.18. The Morgan fingerprint density at radius 2 is 1.84 bits per heavy atom. The van der Waals surface area contributed by atoms with Crippen molar-refractivity contribution in [3.63, 3.8) is 0 Å². The number of aryl methyl sites for hydroxylation is 1. The van der Waals surface area contributed by atoms with Gasteiger partial charge in [0.2, 0.25) is 15.9 Å². The van der Waals surface area contributed by atoms with E-state index in [1.165, 1.54) is 4.31 Å².